The number of alkyl halides is 2. The largest absolute Gasteiger partial charge is 0.435 e. The molecule has 1 fully saturated rings. The maximum Gasteiger partial charge on any atom is 0.387 e. The van der Waals surface area contributed by atoms with Crippen molar-refractivity contribution in [2.24, 2.45) is 0 Å². The van der Waals surface area contributed by atoms with Crippen LogP contribution in [-0.4, -0.2) is 18.4 Å². The van der Waals surface area contributed by atoms with Gasteiger partial charge in [-0.05, 0) is 24.6 Å². The number of hydrogen-bond acceptors (Lipinski definition) is 3. The zero-order valence-electron chi connectivity index (χ0n) is 9.57. The molecule has 1 atom stereocenters. The molecule has 1 aliphatic heterocycles. The van der Waals surface area contributed by atoms with Gasteiger partial charge in [0.25, 0.3) is 0 Å². The third kappa shape index (κ3) is 2.18. The van der Waals surface area contributed by atoms with Crippen LogP contribution in [0.1, 0.15) is 18.9 Å². The van der Waals surface area contributed by atoms with E-state index < -0.39 is 12.0 Å². The van der Waals surface area contributed by atoms with E-state index in [4.69, 9.17) is 0 Å². The molecule has 1 aromatic rings. The van der Waals surface area contributed by atoms with Crippen LogP contribution in [0.15, 0.2) is 24.3 Å². The van der Waals surface area contributed by atoms with E-state index in [-0.39, 0.29) is 24.0 Å². The molecule has 1 aromatic carbocycles. The number of halogens is 2. The molecule has 1 heterocycles. The van der Waals surface area contributed by atoms with Crippen molar-refractivity contribution in [1.82, 2.24) is 5.32 Å². The van der Waals surface area contributed by atoms with Crippen LogP contribution in [0, 0.1) is 0 Å². The summed E-state index contributed by atoms with van der Waals surface area (Å²) in [6.07, 6.45) is 0.0564. The Labute approximate surface area is 102 Å². The molecular weight excluding hydrogens is 244 g/mol. The van der Waals surface area contributed by atoms with E-state index in [0.29, 0.717) is 5.56 Å². The molecule has 0 aliphatic carbocycles. The van der Waals surface area contributed by atoms with E-state index in [0.717, 1.165) is 0 Å². The molecule has 0 spiro atoms. The number of amides is 2. The van der Waals surface area contributed by atoms with Gasteiger partial charge in [-0.25, -0.2) is 0 Å². The summed E-state index contributed by atoms with van der Waals surface area (Å²) in [6, 6.07) is 5.72. The van der Waals surface area contributed by atoms with Gasteiger partial charge in [-0.1, -0.05) is 12.1 Å². The van der Waals surface area contributed by atoms with Crippen LogP contribution in [0.3, 0.4) is 0 Å². The first-order valence-corrected chi connectivity index (χ1v) is 5.31. The van der Waals surface area contributed by atoms with Gasteiger partial charge < -0.3 is 4.74 Å². The highest BCUT2D eigenvalue weighted by molar-refractivity contribution is 6.08. The van der Waals surface area contributed by atoms with Gasteiger partial charge in [0.15, 0.2) is 0 Å². The highest BCUT2D eigenvalue weighted by Gasteiger charge is 2.43. The van der Waals surface area contributed by atoms with Crippen molar-refractivity contribution in [2.45, 2.75) is 25.4 Å². The Morgan fingerprint density at radius 3 is 2.33 bits per heavy atom. The first-order valence-electron chi connectivity index (χ1n) is 5.31. The number of rotatable bonds is 3. The highest BCUT2D eigenvalue weighted by atomic mass is 19.3. The van der Waals surface area contributed by atoms with Gasteiger partial charge >= 0.3 is 6.61 Å². The number of ether oxygens (including phenoxy) is 1. The van der Waals surface area contributed by atoms with Crippen LogP contribution in [0.25, 0.3) is 0 Å². The predicted octanol–water partition coefficient (Wildman–Crippen LogP) is 1.59. The van der Waals surface area contributed by atoms with Gasteiger partial charge in [-0.3, -0.25) is 14.9 Å². The molecule has 0 aromatic heterocycles. The van der Waals surface area contributed by atoms with Crippen molar-refractivity contribution < 1.29 is 23.1 Å². The van der Waals surface area contributed by atoms with Gasteiger partial charge in [-0.15, -0.1) is 0 Å². The number of hydrogen-bond donors (Lipinski definition) is 1. The monoisotopic (exact) mass is 255 g/mol. The molecule has 4 nitrogen and oxygen atoms in total. The average molecular weight is 255 g/mol. The lowest BCUT2D eigenvalue weighted by Gasteiger charge is -2.20. The molecule has 1 N–H and O–H groups in total. The Balaban J connectivity index is 2.24. The molecule has 1 unspecified atom stereocenters. The zero-order valence-corrected chi connectivity index (χ0v) is 9.57. The first-order chi connectivity index (χ1) is 8.41. The van der Waals surface area contributed by atoms with E-state index in [1.54, 1.807) is 6.92 Å². The van der Waals surface area contributed by atoms with Gasteiger partial charge in [0.05, 0.1) is 5.41 Å². The minimum absolute atomic E-state index is 0.0158. The summed E-state index contributed by atoms with van der Waals surface area (Å²) in [5.74, 6) is -0.701. The topological polar surface area (TPSA) is 55.4 Å². The van der Waals surface area contributed by atoms with Gasteiger partial charge in [0, 0.05) is 6.42 Å². The summed E-state index contributed by atoms with van der Waals surface area (Å²) in [4.78, 5) is 22.9. The van der Waals surface area contributed by atoms with E-state index in [1.807, 2.05) is 0 Å². The van der Waals surface area contributed by atoms with Crippen molar-refractivity contribution in [3.05, 3.63) is 29.8 Å². The maximum absolute atomic E-state index is 12.0. The Hall–Kier alpha value is -1.98. The summed E-state index contributed by atoms with van der Waals surface area (Å²) in [7, 11) is 0. The third-order valence-electron chi connectivity index (χ3n) is 2.98. The van der Waals surface area contributed by atoms with E-state index in [2.05, 4.69) is 10.1 Å². The molecule has 0 bridgehead atoms. The summed E-state index contributed by atoms with van der Waals surface area (Å²) >= 11 is 0. The molecule has 0 saturated carbocycles. The number of benzene rings is 1. The second-order valence-electron chi connectivity index (χ2n) is 4.29. The molecule has 96 valence electrons. The minimum atomic E-state index is -2.89. The summed E-state index contributed by atoms with van der Waals surface area (Å²) < 4.78 is 28.2. The average Bonchev–Trinajstić information content (AvgIpc) is 2.53. The predicted molar refractivity (Wildman–Crippen MR) is 58.2 cm³/mol. The Kier molecular flexibility index (Phi) is 3.02. The minimum Gasteiger partial charge on any atom is -0.435 e. The van der Waals surface area contributed by atoms with Crippen molar-refractivity contribution in [3.63, 3.8) is 0 Å². The van der Waals surface area contributed by atoms with Crippen LogP contribution in [0.2, 0.25) is 0 Å². The molecule has 2 rings (SSSR count). The lowest BCUT2D eigenvalue weighted by Crippen LogP contribution is -2.32. The Bertz CT molecular complexity index is 487. The van der Waals surface area contributed by atoms with Crippen molar-refractivity contribution in [1.29, 1.82) is 0 Å². The van der Waals surface area contributed by atoms with Crippen LogP contribution in [0.4, 0.5) is 8.78 Å². The lowest BCUT2D eigenvalue weighted by atomic mass is 9.81. The Morgan fingerprint density at radius 2 is 1.89 bits per heavy atom. The second-order valence-corrected chi connectivity index (χ2v) is 4.29. The number of carbonyl (C=O) groups is 2. The van der Waals surface area contributed by atoms with Crippen LogP contribution < -0.4 is 10.1 Å². The zero-order chi connectivity index (χ0) is 13.3. The fourth-order valence-electron chi connectivity index (χ4n) is 1.95. The van der Waals surface area contributed by atoms with E-state index in [9.17, 15) is 18.4 Å². The van der Waals surface area contributed by atoms with Crippen LogP contribution in [-0.2, 0) is 15.0 Å². The molecule has 0 radical (unpaired) electrons. The number of nitrogens with one attached hydrogen (secondary N) is 1. The highest BCUT2D eigenvalue weighted by Crippen LogP contribution is 2.32. The normalized spacial score (nSPS) is 23.3. The quantitative estimate of drug-likeness (QED) is 0.834. The van der Waals surface area contributed by atoms with Crippen LogP contribution in [0.5, 0.6) is 5.75 Å². The first kappa shape index (κ1) is 12.5. The lowest BCUT2D eigenvalue weighted by molar-refractivity contribution is -0.126. The van der Waals surface area contributed by atoms with Gasteiger partial charge in [0.1, 0.15) is 5.75 Å². The maximum atomic E-state index is 12.0. The number of imide groups is 1. The van der Waals surface area contributed by atoms with E-state index in [1.165, 1.54) is 24.3 Å². The molecular formula is C12H11F2NO3. The molecule has 6 heteroatoms. The number of carbonyl (C=O) groups excluding carboxylic acids is 2. The van der Waals surface area contributed by atoms with Gasteiger partial charge in [-0.2, -0.15) is 8.78 Å². The van der Waals surface area contributed by atoms with Crippen molar-refractivity contribution in [2.75, 3.05) is 0 Å². The van der Waals surface area contributed by atoms with Crippen molar-refractivity contribution >= 4 is 11.8 Å². The van der Waals surface area contributed by atoms with Gasteiger partial charge in [0.2, 0.25) is 11.8 Å². The van der Waals surface area contributed by atoms with Crippen LogP contribution >= 0.6 is 0 Å². The van der Waals surface area contributed by atoms with E-state index >= 15 is 0 Å². The molecule has 2 amide bonds. The second kappa shape index (κ2) is 4.36. The standard InChI is InChI=1S/C12H11F2NO3/c1-12(6-9(16)15-10(12)17)7-2-4-8(5-3-7)18-11(13)14/h2-5,11H,6H2,1H3,(H,15,16,17). The molecule has 18 heavy (non-hydrogen) atoms. The summed E-state index contributed by atoms with van der Waals surface area (Å²) in [5.41, 5.74) is -0.354. The molecule has 1 aliphatic rings. The fourth-order valence-corrected chi connectivity index (χ4v) is 1.95. The SMILES string of the molecule is CC1(c2ccc(OC(F)F)cc2)CC(=O)NC1=O. The smallest absolute Gasteiger partial charge is 0.387 e. The Morgan fingerprint density at radius 1 is 1.28 bits per heavy atom. The van der Waals surface area contributed by atoms with Crippen molar-refractivity contribution in [3.8, 4) is 5.75 Å². The third-order valence-corrected chi connectivity index (χ3v) is 2.98. The molecule has 1 saturated heterocycles. The fraction of sp³-hybridized carbons (Fsp3) is 0.333. The summed E-state index contributed by atoms with van der Waals surface area (Å²) in [5, 5.41) is 2.22. The summed E-state index contributed by atoms with van der Waals surface area (Å²) in [6.45, 7) is -1.25.